The van der Waals surface area contributed by atoms with Gasteiger partial charge in [0.2, 0.25) is 5.88 Å². The molecule has 1 aromatic carbocycles. The Labute approximate surface area is 174 Å². The number of nitrogens with one attached hydrogen (secondary N) is 1. The molecule has 0 unspecified atom stereocenters. The molecule has 3 aromatic heterocycles. The van der Waals surface area contributed by atoms with E-state index in [1.807, 2.05) is 38.0 Å². The van der Waals surface area contributed by atoms with Crippen LogP contribution in [0.15, 0.2) is 24.4 Å². The Balaban J connectivity index is 1.68. The van der Waals surface area contributed by atoms with Gasteiger partial charge in [-0.05, 0) is 43.8 Å². The molecule has 154 valence electrons. The normalized spacial score (nSPS) is 16.0. The minimum atomic E-state index is 0.557. The van der Waals surface area contributed by atoms with Crippen LogP contribution in [-0.4, -0.2) is 54.9 Å². The van der Waals surface area contributed by atoms with E-state index in [9.17, 15) is 0 Å². The van der Waals surface area contributed by atoms with E-state index in [2.05, 4.69) is 56.6 Å². The second-order valence-corrected chi connectivity index (χ2v) is 7.88. The minimum Gasteiger partial charge on any atom is -0.475 e. The van der Waals surface area contributed by atoms with E-state index in [0.717, 1.165) is 52.1 Å². The molecule has 30 heavy (non-hydrogen) atoms. The number of benzene rings is 1. The smallest absolute Gasteiger partial charge is 0.240 e. The molecule has 0 atom stereocenters. The number of nitrogens with zero attached hydrogens (tertiary/aromatic N) is 6. The Morgan fingerprint density at radius 2 is 1.97 bits per heavy atom. The van der Waals surface area contributed by atoms with Crippen LogP contribution in [0.3, 0.4) is 0 Å². The van der Waals surface area contributed by atoms with Crippen molar-refractivity contribution in [2.75, 3.05) is 20.2 Å². The zero-order valence-electron chi connectivity index (χ0n) is 17.7. The van der Waals surface area contributed by atoms with Crippen molar-refractivity contribution in [3.8, 4) is 17.0 Å². The molecule has 1 aliphatic rings. The second-order valence-electron chi connectivity index (χ2n) is 7.88. The lowest BCUT2D eigenvalue weighted by atomic mass is 10.0. The van der Waals surface area contributed by atoms with Gasteiger partial charge < -0.3 is 4.74 Å². The van der Waals surface area contributed by atoms with E-state index < -0.39 is 0 Å². The molecule has 0 aliphatic carbocycles. The fraction of sp³-hybridized carbons (Fsp3) is 0.318. The molecule has 0 radical (unpaired) electrons. The van der Waals surface area contributed by atoms with Crippen molar-refractivity contribution in [1.29, 1.82) is 0 Å². The SMILES string of the molecule is Cc1nn(C)c2c1/C=C/c1[nH]nc3ccc(cc13)-c1cn(C)nc1OCCN(C)C2. The summed E-state index contributed by atoms with van der Waals surface area (Å²) in [7, 11) is 6.01. The third-order valence-corrected chi connectivity index (χ3v) is 5.63. The lowest BCUT2D eigenvalue weighted by molar-refractivity contribution is 0.223. The van der Waals surface area contributed by atoms with Gasteiger partial charge in [0, 0.05) is 44.3 Å². The molecular formula is C22H25N7O. The summed E-state index contributed by atoms with van der Waals surface area (Å²) in [5.74, 6) is 0.651. The molecule has 8 nitrogen and oxygen atoms in total. The number of hydrogen-bond acceptors (Lipinski definition) is 5. The van der Waals surface area contributed by atoms with Gasteiger partial charge in [0.1, 0.15) is 6.61 Å². The van der Waals surface area contributed by atoms with Gasteiger partial charge in [-0.25, -0.2) is 0 Å². The molecule has 0 fully saturated rings. The van der Waals surface area contributed by atoms with Crippen molar-refractivity contribution in [1.82, 2.24) is 34.7 Å². The number of likely N-dealkylation sites (N-methyl/N-ethyl adjacent to an activating group) is 1. The highest BCUT2D eigenvalue weighted by molar-refractivity contribution is 5.93. The molecule has 0 amide bonds. The van der Waals surface area contributed by atoms with Crippen molar-refractivity contribution >= 4 is 23.1 Å². The molecule has 2 bridgehead atoms. The summed E-state index contributed by atoms with van der Waals surface area (Å²) in [6.45, 7) is 4.17. The van der Waals surface area contributed by atoms with Crippen LogP contribution in [0.5, 0.6) is 5.88 Å². The van der Waals surface area contributed by atoms with Gasteiger partial charge in [-0.3, -0.25) is 19.4 Å². The summed E-state index contributed by atoms with van der Waals surface area (Å²) in [6.07, 6.45) is 6.22. The number of hydrogen-bond donors (Lipinski definition) is 1. The predicted octanol–water partition coefficient (Wildman–Crippen LogP) is 3.00. The number of aromatic nitrogens is 6. The number of rotatable bonds is 0. The van der Waals surface area contributed by atoms with E-state index in [1.165, 1.54) is 5.69 Å². The quantitative estimate of drug-likeness (QED) is 0.488. The summed E-state index contributed by atoms with van der Waals surface area (Å²) in [5.41, 5.74) is 7.26. The number of ether oxygens (including phenoxy) is 1. The Hall–Kier alpha value is -3.39. The first-order valence-electron chi connectivity index (χ1n) is 10.0. The van der Waals surface area contributed by atoms with Gasteiger partial charge in [0.05, 0.1) is 28.2 Å². The third-order valence-electron chi connectivity index (χ3n) is 5.63. The maximum atomic E-state index is 6.09. The van der Waals surface area contributed by atoms with Crippen molar-refractivity contribution in [3.63, 3.8) is 0 Å². The standard InChI is InChI=1S/C22H25N7O/c1-14-16-6-8-20-17-11-15(5-7-19(17)23-24-20)18-12-28(3)26-22(18)30-10-9-27(2)13-21(16)29(4)25-14/h5-8,11-12H,9-10,13H2,1-4H3,(H,23,24)/b8-6+. The van der Waals surface area contributed by atoms with Crippen LogP contribution in [0.2, 0.25) is 0 Å². The predicted molar refractivity (Wildman–Crippen MR) is 117 cm³/mol. The van der Waals surface area contributed by atoms with Crippen molar-refractivity contribution in [2.45, 2.75) is 13.5 Å². The average molecular weight is 403 g/mol. The Kier molecular flexibility index (Phi) is 4.43. The van der Waals surface area contributed by atoms with Crippen LogP contribution in [-0.2, 0) is 20.6 Å². The maximum Gasteiger partial charge on any atom is 0.240 e. The fourth-order valence-corrected chi connectivity index (χ4v) is 4.02. The van der Waals surface area contributed by atoms with Crippen LogP contribution < -0.4 is 4.74 Å². The Morgan fingerprint density at radius 3 is 2.83 bits per heavy atom. The van der Waals surface area contributed by atoms with Crippen LogP contribution in [0.25, 0.3) is 34.2 Å². The first-order chi connectivity index (χ1) is 14.5. The first kappa shape index (κ1) is 18.6. The molecule has 0 spiro atoms. The van der Waals surface area contributed by atoms with Crippen LogP contribution >= 0.6 is 0 Å². The molecule has 8 heteroatoms. The van der Waals surface area contributed by atoms with Gasteiger partial charge in [-0.15, -0.1) is 5.10 Å². The van der Waals surface area contributed by atoms with Crippen LogP contribution in [0, 0.1) is 6.92 Å². The molecule has 4 heterocycles. The van der Waals surface area contributed by atoms with E-state index in [1.54, 1.807) is 4.68 Å². The highest BCUT2D eigenvalue weighted by atomic mass is 16.5. The fourth-order valence-electron chi connectivity index (χ4n) is 4.02. The average Bonchev–Trinajstić information content (AvgIpc) is 3.36. The van der Waals surface area contributed by atoms with Gasteiger partial charge in [0.25, 0.3) is 0 Å². The van der Waals surface area contributed by atoms with E-state index >= 15 is 0 Å². The number of fused-ring (bicyclic) bond motifs is 4. The monoisotopic (exact) mass is 403 g/mol. The lowest BCUT2D eigenvalue weighted by Crippen LogP contribution is -2.25. The van der Waals surface area contributed by atoms with Crippen LogP contribution in [0.1, 0.15) is 22.6 Å². The maximum absolute atomic E-state index is 6.09. The highest BCUT2D eigenvalue weighted by Gasteiger charge is 2.17. The van der Waals surface area contributed by atoms with Crippen molar-refractivity contribution < 1.29 is 4.74 Å². The van der Waals surface area contributed by atoms with Crippen molar-refractivity contribution in [2.24, 2.45) is 14.1 Å². The third kappa shape index (κ3) is 3.19. The van der Waals surface area contributed by atoms with E-state index in [4.69, 9.17) is 4.74 Å². The summed E-state index contributed by atoms with van der Waals surface area (Å²) >= 11 is 0. The zero-order chi connectivity index (χ0) is 20.8. The zero-order valence-corrected chi connectivity index (χ0v) is 17.7. The Bertz CT molecular complexity index is 1260. The van der Waals surface area contributed by atoms with Crippen molar-refractivity contribution in [3.05, 3.63) is 47.0 Å². The van der Waals surface area contributed by atoms with Gasteiger partial charge >= 0.3 is 0 Å². The van der Waals surface area contributed by atoms with Crippen LogP contribution in [0.4, 0.5) is 0 Å². The summed E-state index contributed by atoms with van der Waals surface area (Å²) in [6, 6.07) is 6.24. The molecule has 5 rings (SSSR count). The minimum absolute atomic E-state index is 0.557. The summed E-state index contributed by atoms with van der Waals surface area (Å²) in [4.78, 5) is 2.24. The first-order valence-corrected chi connectivity index (χ1v) is 10.0. The molecule has 0 saturated heterocycles. The largest absolute Gasteiger partial charge is 0.475 e. The number of H-pyrrole nitrogens is 1. The van der Waals surface area contributed by atoms with Gasteiger partial charge in [-0.2, -0.15) is 10.2 Å². The summed E-state index contributed by atoms with van der Waals surface area (Å²) < 4.78 is 9.85. The topological polar surface area (TPSA) is 76.8 Å². The number of aryl methyl sites for hydroxylation is 3. The lowest BCUT2D eigenvalue weighted by Gasteiger charge is -2.17. The molecule has 4 aromatic rings. The molecule has 1 N–H and O–H groups in total. The second kappa shape index (κ2) is 7.14. The molecule has 1 aliphatic heterocycles. The molecule has 0 saturated carbocycles. The highest BCUT2D eigenvalue weighted by Crippen LogP contribution is 2.32. The summed E-state index contributed by atoms with van der Waals surface area (Å²) in [5, 5.41) is 17.9. The Morgan fingerprint density at radius 1 is 1.10 bits per heavy atom. The van der Waals surface area contributed by atoms with Gasteiger partial charge in [0.15, 0.2) is 0 Å². The van der Waals surface area contributed by atoms with E-state index in [-0.39, 0.29) is 0 Å². The molecular weight excluding hydrogens is 378 g/mol. The number of aromatic amines is 1. The van der Waals surface area contributed by atoms with Gasteiger partial charge in [-0.1, -0.05) is 6.07 Å². The van der Waals surface area contributed by atoms with E-state index in [0.29, 0.717) is 12.5 Å².